The second kappa shape index (κ2) is 8.51. The number of aromatic nitrogens is 2. The van der Waals surface area contributed by atoms with E-state index in [9.17, 15) is 4.79 Å². The molecule has 0 saturated carbocycles. The summed E-state index contributed by atoms with van der Waals surface area (Å²) in [6.07, 6.45) is 9.34. The van der Waals surface area contributed by atoms with Crippen LogP contribution in [-0.4, -0.2) is 29.5 Å². The molecule has 19 heavy (non-hydrogen) atoms. The molecular formula is C13H16BrN3O2. The lowest BCUT2D eigenvalue weighted by Gasteiger charge is -2.09. The minimum atomic E-state index is -0.254. The van der Waals surface area contributed by atoms with Crippen LogP contribution >= 0.6 is 15.9 Å². The van der Waals surface area contributed by atoms with Crippen LogP contribution in [-0.2, 0) is 11.3 Å². The summed E-state index contributed by atoms with van der Waals surface area (Å²) in [6.45, 7) is 5.55. The Balaban J connectivity index is 2.51. The molecule has 0 aromatic carbocycles. The molecule has 0 unspecified atom stereocenters. The third kappa shape index (κ3) is 4.89. The van der Waals surface area contributed by atoms with Crippen LogP contribution in [0.5, 0.6) is 0 Å². The fourth-order valence-corrected chi connectivity index (χ4v) is 1.76. The Morgan fingerprint density at radius 1 is 1.63 bits per heavy atom. The van der Waals surface area contributed by atoms with Crippen molar-refractivity contribution in [2.24, 2.45) is 0 Å². The van der Waals surface area contributed by atoms with Crippen molar-refractivity contribution in [2.45, 2.75) is 13.0 Å². The number of anilines is 1. The monoisotopic (exact) mass is 325 g/mol. The first-order valence-corrected chi connectivity index (χ1v) is 6.61. The quantitative estimate of drug-likeness (QED) is 0.448. The molecule has 0 atom stereocenters. The van der Waals surface area contributed by atoms with Crippen molar-refractivity contribution in [1.29, 1.82) is 0 Å². The Bertz CT molecular complexity index is 520. The Morgan fingerprint density at radius 2 is 2.42 bits per heavy atom. The molecule has 1 N–H and O–H groups in total. The highest BCUT2D eigenvalue weighted by Gasteiger charge is 2.07. The van der Waals surface area contributed by atoms with E-state index in [1.54, 1.807) is 12.3 Å². The van der Waals surface area contributed by atoms with E-state index in [4.69, 9.17) is 11.2 Å². The van der Waals surface area contributed by atoms with E-state index in [2.05, 4.69) is 38.8 Å². The molecule has 0 radical (unpaired) electrons. The van der Waals surface area contributed by atoms with Crippen molar-refractivity contribution < 1.29 is 4.74 Å². The van der Waals surface area contributed by atoms with Crippen LogP contribution in [0.4, 0.5) is 5.69 Å². The van der Waals surface area contributed by atoms with E-state index in [1.807, 2.05) is 0 Å². The number of halogens is 1. The summed E-state index contributed by atoms with van der Waals surface area (Å²) in [5.41, 5.74) is 0.376. The second-order valence-corrected chi connectivity index (χ2v) is 4.45. The molecule has 1 heterocycles. The van der Waals surface area contributed by atoms with Crippen LogP contribution in [0.25, 0.3) is 0 Å². The molecular weight excluding hydrogens is 310 g/mol. The third-order valence-corrected chi connectivity index (χ3v) is 3.02. The minimum absolute atomic E-state index is 0.155. The molecule has 0 aliphatic heterocycles. The molecule has 0 saturated heterocycles. The fraction of sp³-hybridized carbons (Fsp3) is 0.385. The van der Waals surface area contributed by atoms with Gasteiger partial charge in [0.1, 0.15) is 11.0 Å². The second-order valence-electron chi connectivity index (χ2n) is 3.66. The summed E-state index contributed by atoms with van der Waals surface area (Å²) in [5.74, 6) is 2.37. The van der Waals surface area contributed by atoms with Gasteiger partial charge in [0, 0.05) is 6.54 Å². The van der Waals surface area contributed by atoms with Gasteiger partial charge in [0.2, 0.25) is 0 Å². The lowest BCUT2D eigenvalue weighted by molar-refractivity contribution is 0.149. The van der Waals surface area contributed by atoms with E-state index in [1.165, 1.54) is 4.68 Å². The summed E-state index contributed by atoms with van der Waals surface area (Å²) < 4.78 is 6.99. The van der Waals surface area contributed by atoms with E-state index < -0.39 is 0 Å². The first-order chi connectivity index (χ1) is 9.20. The van der Waals surface area contributed by atoms with Crippen LogP contribution in [0.3, 0.4) is 0 Å². The Morgan fingerprint density at radius 3 is 3.11 bits per heavy atom. The van der Waals surface area contributed by atoms with Crippen LogP contribution in [0, 0.1) is 12.3 Å². The number of nitrogens with zero attached hydrogens (tertiary/aromatic N) is 2. The summed E-state index contributed by atoms with van der Waals surface area (Å²) in [6, 6.07) is 0. The Kier molecular flexibility index (Phi) is 6.93. The SMILES string of the molecule is C#CCn1ncc(NCCOCCC=C)c(Br)c1=O. The highest BCUT2D eigenvalue weighted by molar-refractivity contribution is 9.10. The van der Waals surface area contributed by atoms with Crippen LogP contribution < -0.4 is 10.9 Å². The summed E-state index contributed by atoms with van der Waals surface area (Å²) in [4.78, 5) is 11.8. The Labute approximate surface area is 120 Å². The lowest BCUT2D eigenvalue weighted by atomic mass is 10.4. The zero-order chi connectivity index (χ0) is 14.1. The molecule has 0 aliphatic rings. The minimum Gasteiger partial charge on any atom is -0.380 e. The van der Waals surface area contributed by atoms with Gasteiger partial charge in [-0.3, -0.25) is 4.79 Å². The van der Waals surface area contributed by atoms with Crippen molar-refractivity contribution in [3.05, 3.63) is 33.7 Å². The van der Waals surface area contributed by atoms with Gasteiger partial charge >= 0.3 is 0 Å². The van der Waals surface area contributed by atoms with Crippen LogP contribution in [0.15, 0.2) is 28.1 Å². The lowest BCUT2D eigenvalue weighted by Crippen LogP contribution is -2.24. The molecule has 102 valence electrons. The summed E-state index contributed by atoms with van der Waals surface area (Å²) in [5, 5.41) is 7.05. The van der Waals surface area contributed by atoms with Crippen molar-refractivity contribution in [2.75, 3.05) is 25.1 Å². The zero-order valence-electron chi connectivity index (χ0n) is 10.6. The molecule has 1 aromatic heterocycles. The van der Waals surface area contributed by atoms with Crippen LogP contribution in [0.1, 0.15) is 6.42 Å². The first kappa shape index (κ1) is 15.5. The number of rotatable bonds is 8. The maximum absolute atomic E-state index is 11.8. The highest BCUT2D eigenvalue weighted by Crippen LogP contribution is 2.15. The maximum atomic E-state index is 11.8. The molecule has 0 amide bonds. The van der Waals surface area contributed by atoms with E-state index in [0.29, 0.717) is 29.9 Å². The van der Waals surface area contributed by atoms with Crippen LogP contribution in [0.2, 0.25) is 0 Å². The van der Waals surface area contributed by atoms with Gasteiger partial charge in [-0.05, 0) is 22.4 Å². The number of terminal acetylenes is 1. The number of hydrogen-bond donors (Lipinski definition) is 1. The summed E-state index contributed by atoms with van der Waals surface area (Å²) in [7, 11) is 0. The molecule has 0 fully saturated rings. The fourth-order valence-electron chi connectivity index (χ4n) is 1.31. The average Bonchev–Trinajstić information content (AvgIpc) is 2.41. The van der Waals surface area contributed by atoms with Gasteiger partial charge in [0.05, 0.1) is 25.1 Å². The van der Waals surface area contributed by atoms with Gasteiger partial charge in [-0.2, -0.15) is 5.10 Å². The predicted octanol–water partition coefficient (Wildman–Crippen LogP) is 1.64. The van der Waals surface area contributed by atoms with Gasteiger partial charge in [-0.25, -0.2) is 4.68 Å². The normalized spacial score (nSPS) is 9.89. The molecule has 0 aliphatic carbocycles. The number of nitrogens with one attached hydrogen (secondary N) is 1. The molecule has 0 spiro atoms. The molecule has 5 nitrogen and oxygen atoms in total. The predicted molar refractivity (Wildman–Crippen MR) is 79.2 cm³/mol. The zero-order valence-corrected chi connectivity index (χ0v) is 12.1. The first-order valence-electron chi connectivity index (χ1n) is 5.82. The molecule has 0 bridgehead atoms. The smallest absolute Gasteiger partial charge is 0.284 e. The van der Waals surface area contributed by atoms with E-state index >= 15 is 0 Å². The largest absolute Gasteiger partial charge is 0.380 e. The molecule has 1 rings (SSSR count). The topological polar surface area (TPSA) is 56.1 Å². The highest BCUT2D eigenvalue weighted by atomic mass is 79.9. The number of ether oxygens (including phenoxy) is 1. The van der Waals surface area contributed by atoms with Gasteiger partial charge in [-0.1, -0.05) is 12.0 Å². The third-order valence-electron chi connectivity index (χ3n) is 2.25. The van der Waals surface area contributed by atoms with Gasteiger partial charge in [0.25, 0.3) is 5.56 Å². The van der Waals surface area contributed by atoms with Gasteiger partial charge < -0.3 is 10.1 Å². The van der Waals surface area contributed by atoms with Gasteiger partial charge in [-0.15, -0.1) is 13.0 Å². The van der Waals surface area contributed by atoms with Crippen molar-refractivity contribution in [3.8, 4) is 12.3 Å². The number of hydrogen-bond acceptors (Lipinski definition) is 4. The van der Waals surface area contributed by atoms with E-state index in [0.717, 1.165) is 6.42 Å². The molecule has 1 aromatic rings. The maximum Gasteiger partial charge on any atom is 0.284 e. The summed E-state index contributed by atoms with van der Waals surface area (Å²) >= 11 is 3.24. The van der Waals surface area contributed by atoms with E-state index in [-0.39, 0.29) is 12.1 Å². The van der Waals surface area contributed by atoms with Gasteiger partial charge in [0.15, 0.2) is 0 Å². The van der Waals surface area contributed by atoms with Crippen molar-refractivity contribution in [1.82, 2.24) is 9.78 Å². The Hall–Kier alpha value is -1.58. The standard InChI is InChI=1S/C13H16BrN3O2/c1-3-5-8-19-9-6-15-11-10-16-17(7-4-2)13(18)12(11)14/h2-3,10,15H,1,5-9H2. The van der Waals surface area contributed by atoms with Crippen molar-refractivity contribution >= 4 is 21.6 Å². The average molecular weight is 326 g/mol. The van der Waals surface area contributed by atoms with Crippen molar-refractivity contribution in [3.63, 3.8) is 0 Å². The molecule has 6 heteroatoms.